The molecule has 0 saturated carbocycles. The zero-order chi connectivity index (χ0) is 8.10. The highest BCUT2D eigenvalue weighted by Crippen LogP contribution is 1.98. The van der Waals surface area contributed by atoms with E-state index < -0.39 is 0 Å². The number of rotatable bonds is 3. The molecule has 0 aliphatic carbocycles. The van der Waals surface area contributed by atoms with Crippen molar-refractivity contribution in [2.75, 3.05) is 32.9 Å². The Morgan fingerprint density at radius 3 is 3.09 bits per heavy atom. The highest BCUT2D eigenvalue weighted by atomic mass is 16.5. The summed E-state index contributed by atoms with van der Waals surface area (Å²) in [5.74, 6) is 0.0321. The van der Waals surface area contributed by atoms with Crippen molar-refractivity contribution in [3.63, 3.8) is 0 Å². The van der Waals surface area contributed by atoms with Gasteiger partial charge in [0.2, 0.25) is 5.91 Å². The minimum Gasteiger partial charge on any atom is -0.396 e. The molecule has 1 saturated heterocycles. The van der Waals surface area contributed by atoms with Crippen LogP contribution >= 0.6 is 0 Å². The van der Waals surface area contributed by atoms with Gasteiger partial charge in [0, 0.05) is 19.7 Å². The molecule has 0 bridgehead atoms. The van der Waals surface area contributed by atoms with E-state index in [1.54, 1.807) is 4.90 Å². The summed E-state index contributed by atoms with van der Waals surface area (Å²) in [4.78, 5) is 12.7. The molecule has 0 atom stereocenters. The average Bonchev–Trinajstić information content (AvgIpc) is 2.03. The molecule has 0 aromatic rings. The van der Waals surface area contributed by atoms with E-state index >= 15 is 0 Å². The maximum Gasteiger partial charge on any atom is 0.248 e. The molecule has 11 heavy (non-hydrogen) atoms. The van der Waals surface area contributed by atoms with Crippen molar-refractivity contribution >= 4 is 5.91 Å². The fraction of sp³-hybridized carbons (Fsp3) is 0.857. The lowest BCUT2D eigenvalue weighted by atomic mass is 10.3. The van der Waals surface area contributed by atoms with Crippen LogP contribution in [0, 0.1) is 0 Å². The van der Waals surface area contributed by atoms with Crippen LogP contribution in [0.1, 0.15) is 6.42 Å². The van der Waals surface area contributed by atoms with Crippen molar-refractivity contribution < 1.29 is 14.6 Å². The Kier molecular flexibility index (Phi) is 3.32. The number of ether oxygens (including phenoxy) is 1. The fourth-order valence-corrected chi connectivity index (χ4v) is 1.05. The van der Waals surface area contributed by atoms with Crippen molar-refractivity contribution in [2.45, 2.75) is 6.42 Å². The summed E-state index contributed by atoms with van der Waals surface area (Å²) in [5.41, 5.74) is 0. The molecule has 1 aliphatic heterocycles. The third-order valence-corrected chi connectivity index (χ3v) is 1.67. The Hall–Kier alpha value is -0.610. The molecule has 0 unspecified atom stereocenters. The van der Waals surface area contributed by atoms with Crippen LogP contribution in [0.2, 0.25) is 0 Å². The van der Waals surface area contributed by atoms with Crippen molar-refractivity contribution in [3.8, 4) is 0 Å². The monoisotopic (exact) mass is 159 g/mol. The molecule has 1 aliphatic rings. The van der Waals surface area contributed by atoms with Gasteiger partial charge in [-0.1, -0.05) is 0 Å². The van der Waals surface area contributed by atoms with E-state index in [0.717, 1.165) is 0 Å². The van der Waals surface area contributed by atoms with E-state index in [9.17, 15) is 4.79 Å². The minimum absolute atomic E-state index is 0.0321. The van der Waals surface area contributed by atoms with Crippen LogP contribution in [-0.4, -0.2) is 48.8 Å². The van der Waals surface area contributed by atoms with Gasteiger partial charge in [0.05, 0.1) is 6.61 Å². The fourth-order valence-electron chi connectivity index (χ4n) is 1.05. The molecular formula is C7H13NO3. The number of hydrogen-bond donors (Lipinski definition) is 1. The largest absolute Gasteiger partial charge is 0.396 e. The number of nitrogens with zero attached hydrogens (tertiary/aromatic N) is 1. The Bertz CT molecular complexity index is 138. The van der Waals surface area contributed by atoms with E-state index in [2.05, 4.69) is 0 Å². The normalized spacial score (nSPS) is 19.0. The SMILES string of the molecule is O=C1COCCN1CCCO. The highest BCUT2D eigenvalue weighted by Gasteiger charge is 2.16. The number of carbonyl (C=O) groups is 1. The van der Waals surface area contributed by atoms with E-state index in [-0.39, 0.29) is 19.1 Å². The Balaban J connectivity index is 2.24. The number of amides is 1. The molecule has 4 nitrogen and oxygen atoms in total. The summed E-state index contributed by atoms with van der Waals surface area (Å²) in [7, 11) is 0. The molecule has 0 spiro atoms. The summed E-state index contributed by atoms with van der Waals surface area (Å²) in [6.07, 6.45) is 0.658. The molecule has 4 heteroatoms. The van der Waals surface area contributed by atoms with E-state index in [4.69, 9.17) is 9.84 Å². The predicted molar refractivity (Wildman–Crippen MR) is 39.1 cm³/mol. The van der Waals surface area contributed by atoms with E-state index in [0.29, 0.717) is 26.1 Å². The van der Waals surface area contributed by atoms with E-state index in [1.165, 1.54) is 0 Å². The lowest BCUT2D eigenvalue weighted by molar-refractivity contribution is -0.142. The summed E-state index contributed by atoms with van der Waals surface area (Å²) < 4.78 is 4.94. The van der Waals surface area contributed by atoms with Gasteiger partial charge in [-0.3, -0.25) is 4.79 Å². The van der Waals surface area contributed by atoms with Gasteiger partial charge < -0.3 is 14.7 Å². The molecule has 1 amide bonds. The van der Waals surface area contributed by atoms with Gasteiger partial charge in [-0.25, -0.2) is 0 Å². The Morgan fingerprint density at radius 1 is 1.64 bits per heavy atom. The number of morpholine rings is 1. The second-order valence-electron chi connectivity index (χ2n) is 2.51. The minimum atomic E-state index is 0.0321. The molecule has 1 fully saturated rings. The lowest BCUT2D eigenvalue weighted by Crippen LogP contribution is -2.42. The van der Waals surface area contributed by atoms with Gasteiger partial charge in [-0.15, -0.1) is 0 Å². The zero-order valence-electron chi connectivity index (χ0n) is 6.45. The first-order chi connectivity index (χ1) is 5.34. The molecule has 64 valence electrons. The molecule has 0 radical (unpaired) electrons. The van der Waals surface area contributed by atoms with Crippen LogP contribution in [-0.2, 0) is 9.53 Å². The first kappa shape index (κ1) is 8.49. The van der Waals surface area contributed by atoms with Crippen molar-refractivity contribution in [1.82, 2.24) is 4.90 Å². The van der Waals surface area contributed by atoms with Crippen molar-refractivity contribution in [3.05, 3.63) is 0 Å². The summed E-state index contributed by atoms with van der Waals surface area (Å²) >= 11 is 0. The number of hydrogen-bond acceptors (Lipinski definition) is 3. The van der Waals surface area contributed by atoms with Crippen LogP contribution in [0.25, 0.3) is 0 Å². The quantitative estimate of drug-likeness (QED) is 0.588. The Labute approximate surface area is 65.8 Å². The van der Waals surface area contributed by atoms with Crippen LogP contribution in [0.3, 0.4) is 0 Å². The number of aliphatic hydroxyl groups is 1. The molecular weight excluding hydrogens is 146 g/mol. The van der Waals surface area contributed by atoms with Crippen LogP contribution < -0.4 is 0 Å². The summed E-state index contributed by atoms with van der Waals surface area (Å²) in [6.45, 7) is 2.28. The zero-order valence-corrected chi connectivity index (χ0v) is 6.45. The molecule has 1 N–H and O–H groups in total. The van der Waals surface area contributed by atoms with Gasteiger partial charge >= 0.3 is 0 Å². The van der Waals surface area contributed by atoms with Crippen LogP contribution in [0.5, 0.6) is 0 Å². The predicted octanol–water partition coefficient (Wildman–Crippen LogP) is -0.772. The first-order valence-corrected chi connectivity index (χ1v) is 3.81. The molecule has 0 aromatic heterocycles. The summed E-state index contributed by atoms with van der Waals surface area (Å²) in [6, 6.07) is 0. The topological polar surface area (TPSA) is 49.8 Å². The van der Waals surface area contributed by atoms with Crippen molar-refractivity contribution in [2.24, 2.45) is 0 Å². The number of aliphatic hydroxyl groups excluding tert-OH is 1. The maximum absolute atomic E-state index is 11.0. The third kappa shape index (κ3) is 2.48. The van der Waals surface area contributed by atoms with Gasteiger partial charge in [0.25, 0.3) is 0 Å². The van der Waals surface area contributed by atoms with Crippen molar-refractivity contribution in [1.29, 1.82) is 0 Å². The van der Waals surface area contributed by atoms with Gasteiger partial charge in [-0.05, 0) is 6.42 Å². The highest BCUT2D eigenvalue weighted by molar-refractivity contribution is 5.77. The average molecular weight is 159 g/mol. The van der Waals surface area contributed by atoms with Crippen LogP contribution in [0.15, 0.2) is 0 Å². The van der Waals surface area contributed by atoms with Gasteiger partial charge in [-0.2, -0.15) is 0 Å². The third-order valence-electron chi connectivity index (χ3n) is 1.67. The number of carbonyl (C=O) groups excluding carboxylic acids is 1. The lowest BCUT2D eigenvalue weighted by Gasteiger charge is -2.26. The maximum atomic E-state index is 11.0. The van der Waals surface area contributed by atoms with Gasteiger partial charge in [0.15, 0.2) is 0 Å². The van der Waals surface area contributed by atoms with Crippen LogP contribution in [0.4, 0.5) is 0 Å². The summed E-state index contributed by atoms with van der Waals surface area (Å²) in [5, 5.41) is 8.51. The smallest absolute Gasteiger partial charge is 0.248 e. The first-order valence-electron chi connectivity index (χ1n) is 3.81. The molecule has 1 heterocycles. The molecule has 1 rings (SSSR count). The molecule has 0 aromatic carbocycles. The Morgan fingerprint density at radius 2 is 2.45 bits per heavy atom. The standard InChI is InChI=1S/C7H13NO3/c9-4-1-2-8-3-5-11-6-7(8)10/h9H,1-6H2. The second-order valence-corrected chi connectivity index (χ2v) is 2.51. The van der Waals surface area contributed by atoms with E-state index in [1.807, 2.05) is 0 Å². The second kappa shape index (κ2) is 4.31. The van der Waals surface area contributed by atoms with Gasteiger partial charge in [0.1, 0.15) is 6.61 Å².